The second-order valence-electron chi connectivity index (χ2n) is 7.52. The van der Waals surface area contributed by atoms with Crippen LogP contribution in [0.3, 0.4) is 0 Å². The third-order valence-corrected chi connectivity index (χ3v) is 6.78. The number of hydrogen-bond acceptors (Lipinski definition) is 5. The van der Waals surface area contributed by atoms with Crippen LogP contribution in [-0.2, 0) is 16.0 Å². The van der Waals surface area contributed by atoms with Gasteiger partial charge in [-0.2, -0.15) is 5.26 Å². The van der Waals surface area contributed by atoms with Gasteiger partial charge < -0.3 is 9.64 Å². The Labute approximate surface area is 200 Å². The average molecular weight is 480 g/mol. The molecule has 0 bridgehead atoms. The first kappa shape index (κ1) is 23.0. The summed E-state index contributed by atoms with van der Waals surface area (Å²) in [6.45, 7) is 3.74. The second-order valence-corrected chi connectivity index (χ2v) is 8.99. The molecule has 0 aliphatic carbocycles. The van der Waals surface area contributed by atoms with E-state index in [0.29, 0.717) is 46.2 Å². The Bertz CT molecular complexity index is 1380. The molecular formula is C25H22ClN3O3S. The van der Waals surface area contributed by atoms with Gasteiger partial charge in [0, 0.05) is 18.1 Å². The number of hydrogen-bond donors (Lipinski definition) is 0. The Kier molecular flexibility index (Phi) is 7.09. The van der Waals surface area contributed by atoms with Crippen LogP contribution in [0.2, 0.25) is 5.02 Å². The maximum Gasteiger partial charge on any atom is 0.273 e. The molecule has 3 aromatic rings. The van der Waals surface area contributed by atoms with E-state index >= 15 is 0 Å². The zero-order valence-corrected chi connectivity index (χ0v) is 19.7. The molecule has 8 heteroatoms. The van der Waals surface area contributed by atoms with Gasteiger partial charge in [0.05, 0.1) is 23.4 Å². The van der Waals surface area contributed by atoms with E-state index in [2.05, 4.69) is 13.0 Å². The fourth-order valence-electron chi connectivity index (χ4n) is 3.59. The summed E-state index contributed by atoms with van der Waals surface area (Å²) in [6.07, 6.45) is 2.72. The van der Waals surface area contributed by atoms with E-state index in [9.17, 15) is 14.9 Å². The van der Waals surface area contributed by atoms with Gasteiger partial charge in [-0.05, 0) is 47.9 Å². The zero-order valence-electron chi connectivity index (χ0n) is 18.1. The average Bonchev–Trinajstić information content (AvgIpc) is 3.16. The minimum atomic E-state index is -0.399. The molecule has 1 aromatic heterocycles. The molecule has 1 aliphatic rings. The fourth-order valence-corrected chi connectivity index (χ4v) is 4.81. The van der Waals surface area contributed by atoms with Crippen molar-refractivity contribution in [3.05, 3.63) is 84.2 Å². The van der Waals surface area contributed by atoms with Crippen LogP contribution >= 0.6 is 22.9 Å². The number of carbonyl (C=O) groups is 1. The molecule has 0 spiro atoms. The second kappa shape index (κ2) is 10.2. The minimum absolute atomic E-state index is 0.0602. The van der Waals surface area contributed by atoms with Crippen molar-refractivity contribution in [2.24, 2.45) is 0 Å². The number of benzene rings is 2. The molecule has 1 fully saturated rings. The van der Waals surface area contributed by atoms with E-state index < -0.39 is 5.91 Å². The number of rotatable bonds is 4. The molecule has 2 heterocycles. The summed E-state index contributed by atoms with van der Waals surface area (Å²) in [7, 11) is 0. The Morgan fingerprint density at radius 3 is 2.42 bits per heavy atom. The van der Waals surface area contributed by atoms with Gasteiger partial charge in [-0.1, -0.05) is 42.8 Å². The lowest BCUT2D eigenvalue weighted by Gasteiger charge is -2.26. The standard InChI is InChI=1S/C25H22ClN3O3S/c1-2-17-3-5-18(6-4-17)15-22-24(31)29(20-9-7-19(26)8-10-20)25(33-22)21(16-27)23(30)28-11-13-32-14-12-28/h3-10,15H,2,11-14H2,1H3/b22-15-,25-21-. The van der Waals surface area contributed by atoms with Gasteiger partial charge in [0.2, 0.25) is 0 Å². The molecule has 0 N–H and O–H groups in total. The highest BCUT2D eigenvalue weighted by Gasteiger charge is 2.24. The summed E-state index contributed by atoms with van der Waals surface area (Å²) in [5.74, 6) is -0.399. The number of ether oxygens (including phenoxy) is 1. The van der Waals surface area contributed by atoms with Gasteiger partial charge in [-0.25, -0.2) is 0 Å². The van der Waals surface area contributed by atoms with E-state index in [0.717, 1.165) is 23.3 Å². The lowest BCUT2D eigenvalue weighted by molar-refractivity contribution is -0.128. The summed E-state index contributed by atoms with van der Waals surface area (Å²) in [5.41, 5.74) is 2.26. The quantitative estimate of drug-likeness (QED) is 0.576. The van der Waals surface area contributed by atoms with Crippen molar-refractivity contribution >= 4 is 40.5 Å². The Morgan fingerprint density at radius 2 is 1.82 bits per heavy atom. The monoisotopic (exact) mass is 479 g/mol. The van der Waals surface area contributed by atoms with Crippen LogP contribution in [0.5, 0.6) is 0 Å². The van der Waals surface area contributed by atoms with Crippen LogP contribution in [-0.4, -0.2) is 41.7 Å². The Hall–Kier alpha value is -3.18. The molecule has 6 nitrogen and oxygen atoms in total. The number of thiazole rings is 1. The molecule has 0 unspecified atom stereocenters. The van der Waals surface area contributed by atoms with Crippen molar-refractivity contribution < 1.29 is 9.53 Å². The van der Waals surface area contributed by atoms with E-state index in [1.165, 1.54) is 10.1 Å². The first-order chi connectivity index (χ1) is 16.0. The minimum Gasteiger partial charge on any atom is -0.378 e. The van der Waals surface area contributed by atoms with Crippen LogP contribution in [0.1, 0.15) is 18.1 Å². The van der Waals surface area contributed by atoms with Gasteiger partial charge >= 0.3 is 0 Å². The topological polar surface area (TPSA) is 75.3 Å². The van der Waals surface area contributed by atoms with Crippen molar-refractivity contribution in [2.45, 2.75) is 13.3 Å². The van der Waals surface area contributed by atoms with Crippen LogP contribution in [0.15, 0.2) is 53.3 Å². The summed E-state index contributed by atoms with van der Waals surface area (Å²) in [4.78, 5) is 28.2. The largest absolute Gasteiger partial charge is 0.378 e. The summed E-state index contributed by atoms with van der Waals surface area (Å²) < 4.78 is 7.48. The first-order valence-electron chi connectivity index (χ1n) is 10.6. The number of nitriles is 1. The van der Waals surface area contributed by atoms with Crippen molar-refractivity contribution in [3.8, 4) is 11.8 Å². The Morgan fingerprint density at radius 1 is 1.15 bits per heavy atom. The van der Waals surface area contributed by atoms with Crippen LogP contribution in [0, 0.1) is 11.3 Å². The summed E-state index contributed by atoms with van der Waals surface area (Å²) in [6, 6.07) is 16.8. The molecule has 33 heavy (non-hydrogen) atoms. The lowest BCUT2D eigenvalue weighted by Crippen LogP contribution is -2.42. The van der Waals surface area contributed by atoms with Crippen LogP contribution in [0.4, 0.5) is 0 Å². The normalized spacial score (nSPS) is 15.3. The molecule has 2 aromatic carbocycles. The molecule has 0 atom stereocenters. The predicted octanol–water partition coefficient (Wildman–Crippen LogP) is 2.48. The van der Waals surface area contributed by atoms with Crippen molar-refractivity contribution in [1.29, 1.82) is 5.26 Å². The van der Waals surface area contributed by atoms with Crippen molar-refractivity contribution in [3.63, 3.8) is 0 Å². The Balaban J connectivity index is 1.95. The summed E-state index contributed by atoms with van der Waals surface area (Å²) >= 11 is 7.18. The molecular weight excluding hydrogens is 458 g/mol. The number of morpholine rings is 1. The van der Waals surface area contributed by atoms with Gasteiger partial charge in [0.25, 0.3) is 11.5 Å². The lowest BCUT2D eigenvalue weighted by atomic mass is 10.1. The number of aromatic nitrogens is 1. The molecule has 0 radical (unpaired) electrons. The number of nitrogens with zero attached hydrogens (tertiary/aromatic N) is 3. The predicted molar refractivity (Wildman–Crippen MR) is 130 cm³/mol. The van der Waals surface area contributed by atoms with Gasteiger partial charge in [0.1, 0.15) is 10.7 Å². The van der Waals surface area contributed by atoms with E-state index in [-0.39, 0.29) is 11.1 Å². The van der Waals surface area contributed by atoms with Gasteiger partial charge in [0.15, 0.2) is 5.57 Å². The van der Waals surface area contributed by atoms with E-state index in [1.54, 1.807) is 35.2 Å². The number of carbonyl (C=O) groups excluding carboxylic acids is 1. The third kappa shape index (κ3) is 4.93. The third-order valence-electron chi connectivity index (χ3n) is 5.43. The molecule has 168 valence electrons. The summed E-state index contributed by atoms with van der Waals surface area (Å²) in [5, 5.41) is 10.5. The molecule has 4 rings (SSSR count). The van der Waals surface area contributed by atoms with Crippen LogP contribution in [0.25, 0.3) is 17.3 Å². The van der Waals surface area contributed by atoms with Crippen molar-refractivity contribution in [2.75, 3.05) is 26.3 Å². The molecule has 1 saturated heterocycles. The SMILES string of the molecule is CCc1ccc(/C=c2\s/c(=C(/C#N)C(=O)N3CCOCC3)n(-c3ccc(Cl)cc3)c2=O)cc1. The highest BCUT2D eigenvalue weighted by atomic mass is 35.5. The maximum absolute atomic E-state index is 13.5. The number of halogens is 1. The highest BCUT2D eigenvalue weighted by Crippen LogP contribution is 2.12. The number of amides is 1. The zero-order chi connectivity index (χ0) is 23.4. The smallest absolute Gasteiger partial charge is 0.273 e. The van der Waals surface area contributed by atoms with Crippen molar-refractivity contribution in [1.82, 2.24) is 9.47 Å². The molecule has 0 saturated carbocycles. The van der Waals surface area contributed by atoms with E-state index in [4.69, 9.17) is 16.3 Å². The maximum atomic E-state index is 13.5. The molecule has 1 amide bonds. The fraction of sp³-hybridized carbons (Fsp3) is 0.240. The molecule has 1 aliphatic heterocycles. The van der Waals surface area contributed by atoms with Crippen LogP contribution < -0.4 is 14.8 Å². The number of aryl methyl sites for hydroxylation is 1. The van der Waals surface area contributed by atoms with Gasteiger partial charge in [-0.15, -0.1) is 11.3 Å². The van der Waals surface area contributed by atoms with Gasteiger partial charge in [-0.3, -0.25) is 14.2 Å². The first-order valence-corrected chi connectivity index (χ1v) is 11.8. The van der Waals surface area contributed by atoms with E-state index in [1.807, 2.05) is 24.3 Å². The highest BCUT2D eigenvalue weighted by molar-refractivity contribution is 7.07.